The van der Waals surface area contributed by atoms with Gasteiger partial charge in [0.1, 0.15) is 16.5 Å². The Hall–Kier alpha value is -2.25. The molecule has 0 spiro atoms. The van der Waals surface area contributed by atoms with Crippen molar-refractivity contribution in [2.24, 2.45) is 0 Å². The molecule has 1 aliphatic rings. The van der Waals surface area contributed by atoms with Gasteiger partial charge in [0.2, 0.25) is 0 Å². The Labute approximate surface area is 144 Å². The molecule has 0 aliphatic carbocycles. The molecule has 4 rings (SSSR count). The first-order valence-corrected chi connectivity index (χ1v) is 9.07. The van der Waals surface area contributed by atoms with E-state index in [1.807, 2.05) is 23.8 Å². The normalized spacial score (nSPS) is 17.9. The second-order valence-corrected chi connectivity index (χ2v) is 7.01. The van der Waals surface area contributed by atoms with Crippen LogP contribution >= 0.6 is 11.3 Å². The average Bonchev–Trinajstić information content (AvgIpc) is 3.24. The third kappa shape index (κ3) is 3.18. The quantitative estimate of drug-likeness (QED) is 0.503. The molecule has 0 saturated carbocycles. The van der Waals surface area contributed by atoms with Gasteiger partial charge in [0.25, 0.3) is 0 Å². The molecule has 24 heavy (non-hydrogen) atoms. The van der Waals surface area contributed by atoms with E-state index in [1.165, 1.54) is 0 Å². The van der Waals surface area contributed by atoms with Crippen molar-refractivity contribution in [3.05, 3.63) is 46.8 Å². The summed E-state index contributed by atoms with van der Waals surface area (Å²) in [5.41, 5.74) is 1.89. The van der Waals surface area contributed by atoms with Crippen molar-refractivity contribution in [3.8, 4) is 0 Å². The zero-order valence-corrected chi connectivity index (χ0v) is 14.1. The Kier molecular flexibility index (Phi) is 4.27. The van der Waals surface area contributed by atoms with Crippen LogP contribution in [0.5, 0.6) is 0 Å². The van der Waals surface area contributed by atoms with Gasteiger partial charge in [0, 0.05) is 41.9 Å². The average molecular weight is 340 g/mol. The number of pyridine rings is 1. The summed E-state index contributed by atoms with van der Waals surface area (Å²) in [4.78, 5) is 8.78. The third-order valence-electron chi connectivity index (χ3n) is 4.33. The van der Waals surface area contributed by atoms with E-state index in [0.29, 0.717) is 11.9 Å². The summed E-state index contributed by atoms with van der Waals surface area (Å²) in [7, 11) is 0. The highest BCUT2D eigenvalue weighted by molar-refractivity contribution is 7.09. The lowest BCUT2D eigenvalue weighted by Crippen LogP contribution is -2.45. The second-order valence-electron chi connectivity index (χ2n) is 6.07. The van der Waals surface area contributed by atoms with Crippen LogP contribution < -0.4 is 10.6 Å². The van der Waals surface area contributed by atoms with Crippen molar-refractivity contribution in [2.45, 2.75) is 25.4 Å². The second kappa shape index (κ2) is 6.70. The topological polar surface area (TPSA) is 78.6 Å². The molecular weight excluding hydrogens is 320 g/mol. The molecule has 3 N–H and O–H groups in total. The highest BCUT2D eigenvalue weighted by atomic mass is 32.1. The van der Waals surface area contributed by atoms with Crippen LogP contribution in [0.2, 0.25) is 0 Å². The van der Waals surface area contributed by atoms with E-state index in [-0.39, 0.29) is 0 Å². The Morgan fingerprint density at radius 3 is 3.29 bits per heavy atom. The number of rotatable bonds is 4. The lowest BCUT2D eigenvalue weighted by atomic mass is 10.1. The summed E-state index contributed by atoms with van der Waals surface area (Å²) in [5, 5.41) is 19.0. The van der Waals surface area contributed by atoms with E-state index in [4.69, 9.17) is 5.41 Å². The number of hydrogen-bond donors (Lipinski definition) is 3. The van der Waals surface area contributed by atoms with E-state index in [9.17, 15) is 0 Å². The van der Waals surface area contributed by atoms with Gasteiger partial charge in [-0.25, -0.2) is 4.98 Å². The van der Waals surface area contributed by atoms with Crippen molar-refractivity contribution in [3.63, 3.8) is 0 Å². The number of piperidine rings is 1. The fraction of sp³-hybridized carbons (Fsp3) is 0.353. The molecule has 6 nitrogen and oxygen atoms in total. The van der Waals surface area contributed by atoms with Gasteiger partial charge in [-0.1, -0.05) is 0 Å². The minimum Gasteiger partial charge on any atom is -0.365 e. The number of fused-ring (bicyclic) bond motifs is 1. The SMILES string of the molecule is N=C(NC1CCCNC1)c1csc(Cn2ccc3cnccc32)n1. The third-order valence-corrected chi connectivity index (χ3v) is 5.16. The standard InChI is InChI=1S/C17H20N6S/c18-17(21-13-2-1-5-19-9-13)14-11-24-16(22-14)10-23-7-4-12-8-20-6-3-15(12)23/h3-4,6-8,11,13,19H,1-2,5,9-10H2,(H2,18,21). The first-order chi connectivity index (χ1) is 11.8. The molecule has 4 heterocycles. The summed E-state index contributed by atoms with van der Waals surface area (Å²) in [6, 6.07) is 4.41. The maximum atomic E-state index is 8.25. The molecule has 7 heteroatoms. The summed E-state index contributed by atoms with van der Waals surface area (Å²) < 4.78 is 2.17. The summed E-state index contributed by atoms with van der Waals surface area (Å²) in [6.07, 6.45) is 8.00. The molecule has 1 saturated heterocycles. The number of amidine groups is 1. The minimum absolute atomic E-state index is 0.331. The maximum absolute atomic E-state index is 8.25. The summed E-state index contributed by atoms with van der Waals surface area (Å²) in [5.74, 6) is 0.424. The molecule has 1 aliphatic heterocycles. The van der Waals surface area contributed by atoms with Crippen LogP contribution in [0.1, 0.15) is 23.5 Å². The molecule has 1 fully saturated rings. The summed E-state index contributed by atoms with van der Waals surface area (Å²) in [6.45, 7) is 2.71. The highest BCUT2D eigenvalue weighted by Gasteiger charge is 2.16. The Morgan fingerprint density at radius 1 is 1.46 bits per heavy atom. The van der Waals surface area contributed by atoms with Gasteiger partial charge in [-0.15, -0.1) is 11.3 Å². The zero-order chi connectivity index (χ0) is 16.4. The van der Waals surface area contributed by atoms with Gasteiger partial charge >= 0.3 is 0 Å². The van der Waals surface area contributed by atoms with Crippen LogP contribution in [0.3, 0.4) is 0 Å². The van der Waals surface area contributed by atoms with Gasteiger partial charge in [-0.3, -0.25) is 10.4 Å². The molecule has 0 aromatic carbocycles. The molecule has 124 valence electrons. The van der Waals surface area contributed by atoms with Gasteiger partial charge in [0.15, 0.2) is 0 Å². The molecule has 1 unspecified atom stereocenters. The molecule has 0 bridgehead atoms. The van der Waals surface area contributed by atoms with Gasteiger partial charge in [-0.05, 0) is 31.5 Å². The van der Waals surface area contributed by atoms with E-state index in [2.05, 4.69) is 37.4 Å². The Bertz CT molecular complexity index is 846. The Balaban J connectivity index is 1.45. The minimum atomic E-state index is 0.331. The predicted octanol–water partition coefficient (Wildman–Crippen LogP) is 2.21. The van der Waals surface area contributed by atoms with E-state index < -0.39 is 0 Å². The number of hydrogen-bond acceptors (Lipinski definition) is 5. The first kappa shape index (κ1) is 15.3. The van der Waals surface area contributed by atoms with E-state index >= 15 is 0 Å². The lowest BCUT2D eigenvalue weighted by Gasteiger charge is -2.24. The monoisotopic (exact) mass is 340 g/mol. The predicted molar refractivity (Wildman–Crippen MR) is 96.8 cm³/mol. The fourth-order valence-corrected chi connectivity index (χ4v) is 3.86. The van der Waals surface area contributed by atoms with E-state index in [0.717, 1.165) is 54.1 Å². The number of thiazole rings is 1. The molecule has 0 amide bonds. The van der Waals surface area contributed by atoms with E-state index in [1.54, 1.807) is 11.3 Å². The zero-order valence-electron chi connectivity index (χ0n) is 13.3. The van der Waals surface area contributed by atoms with Crippen LogP contribution in [-0.2, 0) is 6.54 Å². The van der Waals surface area contributed by atoms with Crippen molar-refractivity contribution < 1.29 is 0 Å². The summed E-state index contributed by atoms with van der Waals surface area (Å²) >= 11 is 1.60. The van der Waals surface area contributed by atoms with Crippen molar-refractivity contribution in [1.82, 2.24) is 25.2 Å². The van der Waals surface area contributed by atoms with Crippen LogP contribution in [0.15, 0.2) is 36.1 Å². The van der Waals surface area contributed by atoms with Gasteiger partial charge < -0.3 is 15.2 Å². The number of aromatic nitrogens is 3. The lowest BCUT2D eigenvalue weighted by molar-refractivity contribution is 0.430. The van der Waals surface area contributed by atoms with Crippen molar-refractivity contribution in [1.29, 1.82) is 5.41 Å². The molecule has 3 aromatic rings. The smallest absolute Gasteiger partial charge is 0.145 e. The number of nitrogens with zero attached hydrogens (tertiary/aromatic N) is 3. The van der Waals surface area contributed by atoms with Crippen LogP contribution in [0.25, 0.3) is 10.9 Å². The molecular formula is C17H20N6S. The maximum Gasteiger partial charge on any atom is 0.145 e. The first-order valence-electron chi connectivity index (χ1n) is 8.19. The van der Waals surface area contributed by atoms with Crippen LogP contribution in [0, 0.1) is 5.41 Å². The van der Waals surface area contributed by atoms with Crippen LogP contribution in [-0.4, -0.2) is 39.5 Å². The highest BCUT2D eigenvalue weighted by Crippen LogP contribution is 2.18. The largest absolute Gasteiger partial charge is 0.365 e. The van der Waals surface area contributed by atoms with Crippen molar-refractivity contribution >= 4 is 28.1 Å². The number of nitrogens with one attached hydrogen (secondary N) is 3. The van der Waals surface area contributed by atoms with Gasteiger partial charge in [-0.2, -0.15) is 0 Å². The Morgan fingerprint density at radius 2 is 2.42 bits per heavy atom. The molecule has 3 aromatic heterocycles. The fourth-order valence-electron chi connectivity index (χ4n) is 3.07. The van der Waals surface area contributed by atoms with Gasteiger partial charge in [0.05, 0.1) is 12.1 Å². The van der Waals surface area contributed by atoms with Crippen molar-refractivity contribution in [2.75, 3.05) is 13.1 Å². The molecule has 1 atom stereocenters. The van der Waals surface area contributed by atoms with Crippen LogP contribution in [0.4, 0.5) is 0 Å². The molecule has 0 radical (unpaired) electrons.